The Bertz CT molecular complexity index is 2850. The van der Waals surface area contributed by atoms with E-state index in [1.807, 2.05) is 55.4 Å². The zero-order chi connectivity index (χ0) is 74.9. The molecule has 1 aromatic heterocycles. The lowest BCUT2D eigenvalue weighted by molar-refractivity contribution is -0.157. The average molecular weight is 1380 g/mol. The Labute approximate surface area is 577 Å². The summed E-state index contributed by atoms with van der Waals surface area (Å²) >= 11 is 0. The first-order chi connectivity index (χ1) is 44.7. The van der Waals surface area contributed by atoms with Gasteiger partial charge in [-0.25, -0.2) is 0 Å². The van der Waals surface area contributed by atoms with Gasteiger partial charge in [0.2, 0.25) is 47.3 Å². The topological polar surface area (TPSA) is 259 Å². The number of amides is 8. The number of pyridine rings is 1. The third-order valence-electron chi connectivity index (χ3n) is 19.4. The molecular formula is C72H121F3N10O12. The standard InChI is InChI=1S/C72H121F3N10O12/c1-26-50-37-60(88)62(63(89)46(14)29-31-78(18)39-53-52(72(73,74)75)28-27-30-76-53)85(25)71(97)61(45(12)13)84(24)70(96)57(35-43(8)9)83(23)69(95)56(34-42(6)7)82(22)65(91)48(16)77-64(90)47(15)36-58(86)54(32-40(2)3)81(21)68(94)51(44(10)11)38-59(87)55(33-41(4)5)80(20)66(92)49(17)79(19)67(50)93/h27-28,30,40-51,54-57,61-63,89H,26,29,31-39H2,1-25H3,(H,77,90)/t46-,47+,48+,49-,50+,51-,54-,55+,56-,57-,61-,62+,63-/m1/s1. The molecule has 0 bridgehead atoms. The Kier molecular flexibility index (Phi) is 34.2. The highest BCUT2D eigenvalue weighted by Crippen LogP contribution is 2.33. The van der Waals surface area contributed by atoms with Gasteiger partial charge in [-0.15, -0.1) is 0 Å². The normalized spacial score (nSPS) is 26.2. The lowest BCUT2D eigenvalue weighted by atomic mass is 9.84. The molecule has 22 nitrogen and oxygen atoms in total. The highest BCUT2D eigenvalue weighted by atomic mass is 19.4. The van der Waals surface area contributed by atoms with Crippen LogP contribution in [0.25, 0.3) is 0 Å². The minimum absolute atomic E-state index is 0.0431. The van der Waals surface area contributed by atoms with Crippen LogP contribution in [0.5, 0.6) is 0 Å². The van der Waals surface area contributed by atoms with Crippen LogP contribution in [0.4, 0.5) is 13.2 Å². The molecule has 2 rings (SSSR count). The number of hydrogen-bond acceptors (Lipinski definition) is 14. The molecule has 1 aliphatic rings. The van der Waals surface area contributed by atoms with E-state index < -0.39 is 173 Å². The highest BCUT2D eigenvalue weighted by molar-refractivity contribution is 6.00. The van der Waals surface area contributed by atoms with Crippen molar-refractivity contribution in [1.82, 2.24) is 49.5 Å². The van der Waals surface area contributed by atoms with E-state index in [0.29, 0.717) is 0 Å². The summed E-state index contributed by atoms with van der Waals surface area (Å²) in [5.41, 5.74) is -1.13. The molecule has 1 fully saturated rings. The fraction of sp³-hybridized carbons (Fsp3) is 0.778. The number of carbonyl (C=O) groups is 11. The van der Waals surface area contributed by atoms with Gasteiger partial charge in [0.15, 0.2) is 17.3 Å². The van der Waals surface area contributed by atoms with Gasteiger partial charge in [-0.3, -0.25) is 57.7 Å². The second-order valence-corrected chi connectivity index (χ2v) is 30.1. The molecule has 2 N–H and O–H groups in total. The van der Waals surface area contributed by atoms with Crippen LogP contribution in [0.2, 0.25) is 0 Å². The first-order valence-electron chi connectivity index (χ1n) is 34.8. The number of likely N-dealkylation sites (N-methyl/N-ethyl adjacent to an activating group) is 7. The van der Waals surface area contributed by atoms with Crippen LogP contribution in [0, 0.1) is 59.2 Å². The Morgan fingerprint density at radius 1 is 0.546 bits per heavy atom. The summed E-state index contributed by atoms with van der Waals surface area (Å²) in [7, 11) is 11.5. The van der Waals surface area contributed by atoms with E-state index in [-0.39, 0.29) is 93.8 Å². The van der Waals surface area contributed by atoms with E-state index in [2.05, 4.69) is 10.3 Å². The van der Waals surface area contributed by atoms with Crippen molar-refractivity contribution < 1.29 is 71.0 Å². The third kappa shape index (κ3) is 23.9. The predicted octanol–water partition coefficient (Wildman–Crippen LogP) is 7.90. The zero-order valence-electron chi connectivity index (χ0n) is 63.1. The first-order valence-corrected chi connectivity index (χ1v) is 34.8. The second kappa shape index (κ2) is 38.3. The molecule has 0 spiro atoms. The van der Waals surface area contributed by atoms with Crippen LogP contribution in [-0.4, -0.2) is 231 Å². The van der Waals surface area contributed by atoms with E-state index >= 15 is 19.2 Å². The SMILES string of the molecule is CC[C@H]1CC(=O)[C@@H]([C@H](O)[C@H](C)CCN(C)Cc2ncccc2C(F)(F)F)N(C)C(=O)[C@@H](C(C)C)N(C)C(=O)[C@@H](CC(C)C)N(C)C(=O)[C@@H](CC(C)C)N(C)C(=O)[C@H](C)NC(=O)[C@@H](C)CC(=O)[C@@H](CC(C)C)N(C)C(=O)[C@@H](C(C)C)CC(=O)[C@H](CC(C)C)N(C)C(=O)[C@@H](C)N(C)C1=O. The molecule has 0 saturated carbocycles. The van der Waals surface area contributed by atoms with Gasteiger partial charge < -0.3 is 49.6 Å². The molecule has 1 saturated heterocycles. The summed E-state index contributed by atoms with van der Waals surface area (Å²) in [5, 5.41) is 15.3. The van der Waals surface area contributed by atoms with E-state index in [4.69, 9.17) is 0 Å². The number of aromatic nitrogens is 1. The maximum atomic E-state index is 15.5. The maximum Gasteiger partial charge on any atom is 0.418 e. The number of aliphatic hydroxyl groups excluding tert-OH is 1. The lowest BCUT2D eigenvalue weighted by Gasteiger charge is -2.42. The Morgan fingerprint density at radius 2 is 0.990 bits per heavy atom. The minimum atomic E-state index is -4.68. The summed E-state index contributed by atoms with van der Waals surface area (Å²) in [6, 6.07) is -7.83. The molecule has 97 heavy (non-hydrogen) atoms. The molecule has 0 aromatic carbocycles. The molecule has 552 valence electrons. The van der Waals surface area contributed by atoms with Crippen LogP contribution in [0.1, 0.15) is 187 Å². The van der Waals surface area contributed by atoms with Crippen LogP contribution in [-0.2, 0) is 65.5 Å². The average Bonchev–Trinajstić information content (AvgIpc) is 0.832. The lowest BCUT2D eigenvalue weighted by Crippen LogP contribution is -2.62. The van der Waals surface area contributed by atoms with Crippen LogP contribution < -0.4 is 5.32 Å². The summed E-state index contributed by atoms with van der Waals surface area (Å²) in [5.74, 6) is -12.3. The molecule has 1 aliphatic heterocycles. The number of Topliss-reactive ketones (excluding diaryl/α,β-unsaturated/α-hetero) is 3. The minimum Gasteiger partial charge on any atom is -0.390 e. The smallest absolute Gasteiger partial charge is 0.390 e. The van der Waals surface area contributed by atoms with E-state index in [1.54, 1.807) is 53.5 Å². The molecule has 0 aliphatic carbocycles. The van der Waals surface area contributed by atoms with Gasteiger partial charge in [0.05, 0.1) is 29.4 Å². The molecule has 13 atom stereocenters. The predicted molar refractivity (Wildman–Crippen MR) is 367 cm³/mol. The fourth-order valence-corrected chi connectivity index (χ4v) is 13.0. The van der Waals surface area contributed by atoms with Crippen LogP contribution >= 0.6 is 0 Å². The maximum absolute atomic E-state index is 15.5. The van der Waals surface area contributed by atoms with Gasteiger partial charge in [0.25, 0.3) is 0 Å². The Morgan fingerprint density at radius 3 is 1.45 bits per heavy atom. The van der Waals surface area contributed by atoms with Gasteiger partial charge in [-0.05, 0) is 120 Å². The zero-order valence-corrected chi connectivity index (χ0v) is 63.1. The molecule has 0 unspecified atom stereocenters. The quantitative estimate of drug-likeness (QED) is 0.142. The molecule has 25 heteroatoms. The first kappa shape index (κ1) is 86.7. The van der Waals surface area contributed by atoms with E-state index in [9.17, 15) is 51.8 Å². The van der Waals surface area contributed by atoms with Gasteiger partial charge in [-0.2, -0.15) is 13.2 Å². The van der Waals surface area contributed by atoms with Crippen LogP contribution in [0.3, 0.4) is 0 Å². The van der Waals surface area contributed by atoms with Crippen molar-refractivity contribution in [2.24, 2.45) is 59.2 Å². The Balaban J connectivity index is 3.03. The number of rotatable bonds is 18. The number of halogens is 3. The summed E-state index contributed by atoms with van der Waals surface area (Å²) in [6.45, 7) is 29.5. The summed E-state index contributed by atoms with van der Waals surface area (Å²) < 4.78 is 42.1. The molecule has 0 radical (unpaired) electrons. The number of ketones is 3. The van der Waals surface area contributed by atoms with Crippen molar-refractivity contribution in [2.75, 3.05) is 62.9 Å². The van der Waals surface area contributed by atoms with Gasteiger partial charge >= 0.3 is 6.18 Å². The van der Waals surface area contributed by atoms with Crippen molar-refractivity contribution in [2.45, 2.75) is 243 Å². The molecule has 2 heterocycles. The van der Waals surface area contributed by atoms with Gasteiger partial charge in [0.1, 0.15) is 36.3 Å². The van der Waals surface area contributed by atoms with Crippen molar-refractivity contribution >= 4 is 64.6 Å². The summed E-state index contributed by atoms with van der Waals surface area (Å²) in [4.78, 5) is 178. The highest BCUT2D eigenvalue weighted by Gasteiger charge is 2.46. The molecule has 1 aromatic rings. The molecular weight excluding hydrogens is 1250 g/mol. The largest absolute Gasteiger partial charge is 0.418 e. The van der Waals surface area contributed by atoms with Crippen molar-refractivity contribution in [3.63, 3.8) is 0 Å². The number of nitrogens with zero attached hydrogens (tertiary/aromatic N) is 9. The number of aliphatic hydroxyl groups is 1. The molecule has 8 amide bonds. The number of hydrogen-bond donors (Lipinski definition) is 2. The summed E-state index contributed by atoms with van der Waals surface area (Å²) in [6.07, 6.45) is -5.51. The van der Waals surface area contributed by atoms with Gasteiger partial charge in [-0.1, -0.05) is 104 Å². The monoisotopic (exact) mass is 1370 g/mol. The van der Waals surface area contributed by atoms with Crippen molar-refractivity contribution in [3.8, 4) is 0 Å². The van der Waals surface area contributed by atoms with E-state index in [1.165, 1.54) is 112 Å². The number of carbonyl (C=O) groups excluding carboxylic acids is 11. The van der Waals surface area contributed by atoms with Crippen molar-refractivity contribution in [3.05, 3.63) is 29.6 Å². The fourth-order valence-electron chi connectivity index (χ4n) is 13.0. The van der Waals surface area contributed by atoms with E-state index in [0.717, 1.165) is 11.0 Å². The second-order valence-electron chi connectivity index (χ2n) is 30.1. The van der Waals surface area contributed by atoms with Gasteiger partial charge in [0, 0.05) is 99.1 Å². The third-order valence-corrected chi connectivity index (χ3v) is 19.4. The van der Waals surface area contributed by atoms with Crippen LogP contribution in [0.15, 0.2) is 18.3 Å². The number of alkyl halides is 3. The van der Waals surface area contributed by atoms with Crippen molar-refractivity contribution in [1.29, 1.82) is 0 Å². The Hall–Kier alpha value is -6.37. The number of nitrogens with one attached hydrogen (secondary N) is 1.